The molecule has 0 radical (unpaired) electrons. The molecular formula is C19H24N4O2. The second-order valence-corrected chi connectivity index (χ2v) is 7.68. The van der Waals surface area contributed by atoms with E-state index in [-0.39, 0.29) is 17.6 Å². The van der Waals surface area contributed by atoms with Crippen LogP contribution in [0.3, 0.4) is 0 Å². The summed E-state index contributed by atoms with van der Waals surface area (Å²) in [6.07, 6.45) is 3.79. The van der Waals surface area contributed by atoms with E-state index >= 15 is 0 Å². The van der Waals surface area contributed by atoms with Crippen LogP contribution in [-0.2, 0) is 13.0 Å². The molecule has 0 fully saturated rings. The number of aryl methyl sites for hydroxylation is 2. The summed E-state index contributed by atoms with van der Waals surface area (Å²) >= 11 is 0. The van der Waals surface area contributed by atoms with Gasteiger partial charge < -0.3 is 14.6 Å². The van der Waals surface area contributed by atoms with Crippen LogP contribution < -0.4 is 10.1 Å². The van der Waals surface area contributed by atoms with Crippen molar-refractivity contribution >= 4 is 5.91 Å². The molecule has 2 aliphatic rings. The molecule has 4 rings (SSSR count). The molecule has 0 spiro atoms. The highest BCUT2D eigenvalue weighted by Gasteiger charge is 2.35. The Morgan fingerprint density at radius 1 is 1.32 bits per heavy atom. The molecule has 1 amide bonds. The van der Waals surface area contributed by atoms with Gasteiger partial charge in [0, 0.05) is 24.9 Å². The molecule has 3 heterocycles. The summed E-state index contributed by atoms with van der Waals surface area (Å²) < 4.78 is 8.04. The predicted octanol–water partition coefficient (Wildman–Crippen LogP) is 2.96. The van der Waals surface area contributed by atoms with E-state index in [2.05, 4.69) is 21.6 Å². The lowest BCUT2D eigenvalue weighted by Crippen LogP contribution is -2.42. The van der Waals surface area contributed by atoms with Gasteiger partial charge in [-0.1, -0.05) is 17.7 Å². The highest BCUT2D eigenvalue weighted by molar-refractivity contribution is 5.91. The summed E-state index contributed by atoms with van der Waals surface area (Å²) in [4.78, 5) is 12.9. The van der Waals surface area contributed by atoms with Crippen molar-refractivity contribution in [2.75, 3.05) is 0 Å². The average Bonchev–Trinajstić information content (AvgIpc) is 2.99. The third-order valence-corrected chi connectivity index (χ3v) is 4.99. The molecule has 1 aromatic heterocycles. The highest BCUT2D eigenvalue weighted by atomic mass is 16.5. The van der Waals surface area contributed by atoms with Gasteiger partial charge in [-0.3, -0.25) is 4.79 Å². The van der Waals surface area contributed by atoms with Crippen LogP contribution >= 0.6 is 0 Å². The molecule has 2 aromatic rings. The first kappa shape index (κ1) is 16.1. The Labute approximate surface area is 147 Å². The second kappa shape index (κ2) is 5.86. The number of nitrogens with one attached hydrogen (secondary N) is 1. The van der Waals surface area contributed by atoms with Crippen LogP contribution in [0.2, 0.25) is 0 Å². The summed E-state index contributed by atoms with van der Waals surface area (Å²) in [7, 11) is 0. The molecule has 6 heteroatoms. The van der Waals surface area contributed by atoms with E-state index < -0.39 is 0 Å². The van der Waals surface area contributed by atoms with Crippen molar-refractivity contribution in [3.8, 4) is 5.75 Å². The molecular weight excluding hydrogens is 316 g/mol. The standard InChI is InChI=1S/C19H24N4O2/c1-12-7-8-15-13(10-12)14(11-19(2,3)25-15)20-18(24)17-22-21-16-6-4-5-9-23(16)17/h7-8,10,14H,4-6,9,11H2,1-3H3,(H,20,24)/t14-/m1/s1. The smallest absolute Gasteiger partial charge is 0.289 e. The summed E-state index contributed by atoms with van der Waals surface area (Å²) in [6.45, 7) is 6.97. The van der Waals surface area contributed by atoms with Gasteiger partial charge in [0.1, 0.15) is 17.2 Å². The van der Waals surface area contributed by atoms with Gasteiger partial charge in [-0.25, -0.2) is 0 Å². The molecule has 6 nitrogen and oxygen atoms in total. The maximum absolute atomic E-state index is 12.9. The maximum Gasteiger partial charge on any atom is 0.289 e. The van der Waals surface area contributed by atoms with E-state index in [0.29, 0.717) is 5.82 Å². The van der Waals surface area contributed by atoms with Crippen LogP contribution in [0.5, 0.6) is 5.75 Å². The van der Waals surface area contributed by atoms with E-state index in [4.69, 9.17) is 4.74 Å². The number of aromatic nitrogens is 3. The van der Waals surface area contributed by atoms with Gasteiger partial charge in [0.15, 0.2) is 0 Å². The van der Waals surface area contributed by atoms with Crippen LogP contribution in [0.15, 0.2) is 18.2 Å². The van der Waals surface area contributed by atoms with Crippen LogP contribution in [0.25, 0.3) is 0 Å². The molecule has 1 aromatic carbocycles. The van der Waals surface area contributed by atoms with Gasteiger partial charge >= 0.3 is 0 Å². The lowest BCUT2D eigenvalue weighted by molar-refractivity contribution is 0.0614. The van der Waals surface area contributed by atoms with Crippen LogP contribution in [0.1, 0.15) is 66.7 Å². The molecule has 1 atom stereocenters. The van der Waals surface area contributed by atoms with E-state index in [9.17, 15) is 4.79 Å². The highest BCUT2D eigenvalue weighted by Crippen LogP contribution is 2.40. The number of hydrogen-bond donors (Lipinski definition) is 1. The fraction of sp³-hybridized carbons (Fsp3) is 0.526. The lowest BCUT2D eigenvalue weighted by atomic mass is 9.89. The predicted molar refractivity (Wildman–Crippen MR) is 93.7 cm³/mol. The zero-order valence-corrected chi connectivity index (χ0v) is 15.0. The average molecular weight is 340 g/mol. The van der Waals surface area contributed by atoms with Crippen molar-refractivity contribution in [3.05, 3.63) is 41.0 Å². The lowest BCUT2D eigenvalue weighted by Gasteiger charge is -2.38. The number of benzene rings is 1. The van der Waals surface area contributed by atoms with Crippen molar-refractivity contribution in [2.45, 2.75) is 64.6 Å². The summed E-state index contributed by atoms with van der Waals surface area (Å²) in [6, 6.07) is 6.02. The van der Waals surface area contributed by atoms with Gasteiger partial charge in [-0.15, -0.1) is 10.2 Å². The number of carbonyl (C=O) groups is 1. The number of carbonyl (C=O) groups excluding carboxylic acids is 1. The Balaban J connectivity index is 1.63. The van der Waals surface area contributed by atoms with Crippen molar-refractivity contribution in [2.24, 2.45) is 0 Å². The third-order valence-electron chi connectivity index (χ3n) is 4.99. The first-order valence-electron chi connectivity index (χ1n) is 8.95. The van der Waals surface area contributed by atoms with E-state index in [0.717, 1.165) is 54.9 Å². The minimum atomic E-state index is -0.329. The van der Waals surface area contributed by atoms with Gasteiger partial charge in [0.25, 0.3) is 5.91 Å². The van der Waals surface area contributed by atoms with E-state index in [1.54, 1.807) is 0 Å². The van der Waals surface area contributed by atoms with Gasteiger partial charge in [0.2, 0.25) is 5.82 Å². The largest absolute Gasteiger partial charge is 0.487 e. The van der Waals surface area contributed by atoms with Crippen molar-refractivity contribution in [1.29, 1.82) is 0 Å². The molecule has 0 bridgehead atoms. The zero-order chi connectivity index (χ0) is 17.6. The van der Waals surface area contributed by atoms with Gasteiger partial charge in [0.05, 0.1) is 6.04 Å². The quantitative estimate of drug-likeness (QED) is 0.912. The van der Waals surface area contributed by atoms with Crippen molar-refractivity contribution < 1.29 is 9.53 Å². The number of ether oxygens (including phenoxy) is 1. The van der Waals surface area contributed by atoms with Gasteiger partial charge in [-0.05, 0) is 39.7 Å². The van der Waals surface area contributed by atoms with Gasteiger partial charge in [-0.2, -0.15) is 0 Å². The molecule has 132 valence electrons. The first-order chi connectivity index (χ1) is 11.9. The number of rotatable bonds is 2. The monoisotopic (exact) mass is 340 g/mol. The SMILES string of the molecule is Cc1ccc2c(c1)[C@H](NC(=O)c1nnc3n1CCCC3)CC(C)(C)O2. The Hall–Kier alpha value is -2.37. The molecule has 0 unspecified atom stereocenters. The minimum absolute atomic E-state index is 0.0947. The summed E-state index contributed by atoms with van der Waals surface area (Å²) in [5.74, 6) is 2.03. The minimum Gasteiger partial charge on any atom is -0.487 e. The Kier molecular flexibility index (Phi) is 3.78. The van der Waals surface area contributed by atoms with Crippen molar-refractivity contribution in [3.63, 3.8) is 0 Å². The second-order valence-electron chi connectivity index (χ2n) is 7.68. The number of hydrogen-bond acceptors (Lipinski definition) is 4. The molecule has 0 aliphatic carbocycles. The number of fused-ring (bicyclic) bond motifs is 2. The summed E-state index contributed by atoms with van der Waals surface area (Å²) in [5.41, 5.74) is 1.86. The normalized spacial score (nSPS) is 21.0. The molecule has 25 heavy (non-hydrogen) atoms. The zero-order valence-electron chi connectivity index (χ0n) is 15.0. The molecule has 2 aliphatic heterocycles. The number of amides is 1. The Morgan fingerprint density at radius 2 is 2.16 bits per heavy atom. The van der Waals surface area contributed by atoms with Crippen LogP contribution in [0.4, 0.5) is 0 Å². The fourth-order valence-corrected chi connectivity index (χ4v) is 3.80. The van der Waals surface area contributed by atoms with E-state index in [1.807, 2.05) is 37.5 Å². The number of nitrogens with zero attached hydrogens (tertiary/aromatic N) is 3. The van der Waals surface area contributed by atoms with E-state index in [1.165, 1.54) is 0 Å². The molecule has 1 N–H and O–H groups in total. The molecule has 0 saturated heterocycles. The van der Waals surface area contributed by atoms with Crippen LogP contribution in [0, 0.1) is 6.92 Å². The Morgan fingerprint density at radius 3 is 3.00 bits per heavy atom. The third kappa shape index (κ3) is 3.01. The first-order valence-corrected chi connectivity index (χ1v) is 8.95. The molecule has 0 saturated carbocycles. The maximum atomic E-state index is 12.9. The van der Waals surface area contributed by atoms with Crippen molar-refractivity contribution in [1.82, 2.24) is 20.1 Å². The Bertz CT molecular complexity index is 825. The van der Waals surface area contributed by atoms with Crippen LogP contribution in [-0.4, -0.2) is 26.3 Å². The fourth-order valence-electron chi connectivity index (χ4n) is 3.80. The topological polar surface area (TPSA) is 69.0 Å². The summed E-state index contributed by atoms with van der Waals surface area (Å²) in [5, 5.41) is 11.5.